The highest BCUT2D eigenvalue weighted by atomic mass is 16.1. The predicted octanol–water partition coefficient (Wildman–Crippen LogP) is 3.31. The molecular weight excluding hydrogens is 298 g/mol. The maximum Gasteiger partial charge on any atom is 0.224 e. The Kier molecular flexibility index (Phi) is 4.96. The third-order valence-electron chi connectivity index (χ3n) is 3.87. The second kappa shape index (κ2) is 7.51. The molecule has 0 atom stereocenters. The van der Waals surface area contributed by atoms with E-state index in [4.69, 9.17) is 0 Å². The Morgan fingerprint density at radius 1 is 1.00 bits per heavy atom. The molecular formula is C20H19N3O. The lowest BCUT2D eigenvalue weighted by Gasteiger charge is -2.08. The fourth-order valence-corrected chi connectivity index (χ4v) is 2.49. The molecule has 0 aliphatic carbocycles. The Labute approximate surface area is 141 Å². The summed E-state index contributed by atoms with van der Waals surface area (Å²) in [6.07, 6.45) is 1.91. The third-order valence-corrected chi connectivity index (χ3v) is 3.87. The van der Waals surface area contributed by atoms with Crippen LogP contribution in [0.2, 0.25) is 0 Å². The topological polar surface area (TPSA) is 54.9 Å². The number of amides is 1. The summed E-state index contributed by atoms with van der Waals surface area (Å²) in [5, 5.41) is 2.92. The number of carbonyl (C=O) groups is 1. The zero-order valence-electron chi connectivity index (χ0n) is 13.6. The van der Waals surface area contributed by atoms with Crippen molar-refractivity contribution in [2.24, 2.45) is 0 Å². The fourth-order valence-electron chi connectivity index (χ4n) is 2.49. The molecule has 0 bridgehead atoms. The Balaban J connectivity index is 1.63. The van der Waals surface area contributed by atoms with Crippen LogP contribution in [0.25, 0.3) is 11.3 Å². The average molecular weight is 317 g/mol. The zero-order valence-corrected chi connectivity index (χ0v) is 13.6. The van der Waals surface area contributed by atoms with Crippen molar-refractivity contribution in [2.45, 2.75) is 19.9 Å². The second-order valence-electron chi connectivity index (χ2n) is 5.64. The van der Waals surface area contributed by atoms with Crippen LogP contribution in [0.3, 0.4) is 0 Å². The van der Waals surface area contributed by atoms with Gasteiger partial charge in [0.25, 0.3) is 0 Å². The SMILES string of the molecule is Cc1ccccc1CC(=O)NCc1cc(-c2ccccc2)ncn1. The third kappa shape index (κ3) is 4.04. The molecule has 3 aromatic rings. The molecule has 0 aliphatic rings. The summed E-state index contributed by atoms with van der Waals surface area (Å²) < 4.78 is 0. The molecule has 120 valence electrons. The minimum absolute atomic E-state index is 0.0100. The zero-order chi connectivity index (χ0) is 16.8. The van der Waals surface area contributed by atoms with Crippen LogP contribution in [0.5, 0.6) is 0 Å². The first-order chi connectivity index (χ1) is 11.7. The minimum Gasteiger partial charge on any atom is -0.350 e. The summed E-state index contributed by atoms with van der Waals surface area (Å²) in [4.78, 5) is 20.7. The van der Waals surface area contributed by atoms with Gasteiger partial charge in [-0.2, -0.15) is 0 Å². The number of carbonyl (C=O) groups excluding carboxylic acids is 1. The molecule has 0 aliphatic heterocycles. The van der Waals surface area contributed by atoms with Gasteiger partial charge in [0.2, 0.25) is 5.91 Å². The van der Waals surface area contributed by atoms with Crippen molar-refractivity contribution in [1.82, 2.24) is 15.3 Å². The molecule has 0 saturated carbocycles. The quantitative estimate of drug-likeness (QED) is 0.785. The van der Waals surface area contributed by atoms with E-state index in [1.165, 1.54) is 6.33 Å². The maximum atomic E-state index is 12.1. The monoisotopic (exact) mass is 317 g/mol. The van der Waals surface area contributed by atoms with Gasteiger partial charge in [0.15, 0.2) is 0 Å². The van der Waals surface area contributed by atoms with E-state index >= 15 is 0 Å². The van der Waals surface area contributed by atoms with E-state index in [1.54, 1.807) is 0 Å². The summed E-state index contributed by atoms with van der Waals surface area (Å²) in [5.74, 6) is -0.0100. The molecule has 0 saturated heterocycles. The molecule has 1 heterocycles. The molecule has 0 unspecified atom stereocenters. The van der Waals surface area contributed by atoms with Gasteiger partial charge in [-0.1, -0.05) is 54.6 Å². The molecule has 0 radical (unpaired) electrons. The molecule has 24 heavy (non-hydrogen) atoms. The van der Waals surface area contributed by atoms with E-state index in [1.807, 2.05) is 67.6 Å². The Hall–Kier alpha value is -3.01. The molecule has 1 amide bonds. The molecule has 4 nitrogen and oxygen atoms in total. The average Bonchev–Trinajstić information content (AvgIpc) is 2.63. The largest absolute Gasteiger partial charge is 0.350 e. The molecule has 1 aromatic heterocycles. The summed E-state index contributed by atoms with van der Waals surface area (Å²) in [5.41, 5.74) is 4.85. The maximum absolute atomic E-state index is 12.1. The van der Waals surface area contributed by atoms with Crippen molar-refractivity contribution in [1.29, 1.82) is 0 Å². The van der Waals surface area contributed by atoms with Gasteiger partial charge in [0.1, 0.15) is 6.33 Å². The first kappa shape index (κ1) is 15.9. The molecule has 2 aromatic carbocycles. The van der Waals surface area contributed by atoms with E-state index in [9.17, 15) is 4.79 Å². The van der Waals surface area contributed by atoms with Gasteiger partial charge in [0.05, 0.1) is 24.4 Å². The van der Waals surface area contributed by atoms with Crippen LogP contribution in [-0.4, -0.2) is 15.9 Å². The van der Waals surface area contributed by atoms with E-state index in [0.717, 1.165) is 28.1 Å². The van der Waals surface area contributed by atoms with E-state index in [-0.39, 0.29) is 5.91 Å². The Bertz CT molecular complexity index is 831. The lowest BCUT2D eigenvalue weighted by atomic mass is 10.1. The number of hydrogen-bond donors (Lipinski definition) is 1. The first-order valence-electron chi connectivity index (χ1n) is 7.90. The summed E-state index contributed by atoms with van der Waals surface area (Å²) >= 11 is 0. The van der Waals surface area contributed by atoms with Crippen LogP contribution >= 0.6 is 0 Å². The Morgan fingerprint density at radius 2 is 1.75 bits per heavy atom. The minimum atomic E-state index is -0.0100. The molecule has 0 spiro atoms. The number of hydrogen-bond acceptors (Lipinski definition) is 3. The lowest BCUT2D eigenvalue weighted by Crippen LogP contribution is -2.25. The van der Waals surface area contributed by atoms with Crippen molar-refractivity contribution in [3.8, 4) is 11.3 Å². The molecule has 4 heteroatoms. The highest BCUT2D eigenvalue weighted by Crippen LogP contribution is 2.16. The second-order valence-corrected chi connectivity index (χ2v) is 5.64. The number of aryl methyl sites for hydroxylation is 1. The van der Waals surface area contributed by atoms with Crippen molar-refractivity contribution < 1.29 is 4.79 Å². The number of rotatable bonds is 5. The van der Waals surface area contributed by atoms with Gasteiger partial charge >= 0.3 is 0 Å². The van der Waals surface area contributed by atoms with Crippen LogP contribution in [-0.2, 0) is 17.8 Å². The van der Waals surface area contributed by atoms with Crippen molar-refractivity contribution in [2.75, 3.05) is 0 Å². The van der Waals surface area contributed by atoms with Gasteiger partial charge in [-0.3, -0.25) is 4.79 Å². The highest BCUT2D eigenvalue weighted by Gasteiger charge is 2.07. The standard InChI is InChI=1S/C20H19N3O/c1-15-7-5-6-10-17(15)11-20(24)21-13-18-12-19(23-14-22-18)16-8-3-2-4-9-16/h2-10,12,14H,11,13H2,1H3,(H,21,24). The predicted molar refractivity (Wildman–Crippen MR) is 94.2 cm³/mol. The number of aromatic nitrogens is 2. The van der Waals surface area contributed by atoms with Gasteiger partial charge in [-0.25, -0.2) is 9.97 Å². The summed E-state index contributed by atoms with van der Waals surface area (Å²) in [6.45, 7) is 2.41. The Morgan fingerprint density at radius 3 is 2.54 bits per heavy atom. The molecule has 0 fully saturated rings. The van der Waals surface area contributed by atoms with Crippen molar-refractivity contribution >= 4 is 5.91 Å². The van der Waals surface area contributed by atoms with E-state index < -0.39 is 0 Å². The van der Waals surface area contributed by atoms with Gasteiger partial charge in [-0.15, -0.1) is 0 Å². The number of benzene rings is 2. The molecule has 1 N–H and O–H groups in total. The van der Waals surface area contributed by atoms with Crippen LogP contribution in [0.1, 0.15) is 16.8 Å². The van der Waals surface area contributed by atoms with Crippen molar-refractivity contribution in [3.05, 3.63) is 83.8 Å². The van der Waals surface area contributed by atoms with E-state index in [2.05, 4.69) is 15.3 Å². The van der Waals surface area contributed by atoms with Gasteiger partial charge < -0.3 is 5.32 Å². The summed E-state index contributed by atoms with van der Waals surface area (Å²) in [7, 11) is 0. The highest BCUT2D eigenvalue weighted by molar-refractivity contribution is 5.78. The first-order valence-corrected chi connectivity index (χ1v) is 7.90. The van der Waals surface area contributed by atoms with Gasteiger partial charge in [0, 0.05) is 5.56 Å². The molecule has 3 rings (SSSR count). The lowest BCUT2D eigenvalue weighted by molar-refractivity contribution is -0.120. The smallest absolute Gasteiger partial charge is 0.224 e. The van der Waals surface area contributed by atoms with Crippen molar-refractivity contribution in [3.63, 3.8) is 0 Å². The van der Waals surface area contributed by atoms with Crippen LogP contribution in [0.15, 0.2) is 67.0 Å². The van der Waals surface area contributed by atoms with Crippen LogP contribution in [0.4, 0.5) is 0 Å². The van der Waals surface area contributed by atoms with Crippen LogP contribution in [0, 0.1) is 6.92 Å². The number of nitrogens with one attached hydrogen (secondary N) is 1. The normalized spacial score (nSPS) is 10.4. The van der Waals surface area contributed by atoms with Gasteiger partial charge in [-0.05, 0) is 24.1 Å². The fraction of sp³-hybridized carbons (Fsp3) is 0.150. The summed E-state index contributed by atoms with van der Waals surface area (Å²) in [6, 6.07) is 19.7. The number of nitrogens with zero attached hydrogens (tertiary/aromatic N) is 2. The van der Waals surface area contributed by atoms with E-state index in [0.29, 0.717) is 13.0 Å². The van der Waals surface area contributed by atoms with Crippen LogP contribution < -0.4 is 5.32 Å².